The molecule has 0 bridgehead atoms. The Hall–Kier alpha value is -1.11. The number of fused-ring (bicyclic) bond motifs is 3. The van der Waals surface area contributed by atoms with Crippen LogP contribution in [0.5, 0.6) is 0 Å². The maximum absolute atomic E-state index is 12.7. The molecule has 3 aliphatic rings. The Kier molecular flexibility index (Phi) is 7.14. The van der Waals surface area contributed by atoms with Crippen molar-refractivity contribution < 1.29 is 4.79 Å². The van der Waals surface area contributed by atoms with Gasteiger partial charge in [-0.25, -0.2) is 0 Å². The average Bonchev–Trinajstić information content (AvgIpc) is 3.03. The van der Waals surface area contributed by atoms with E-state index >= 15 is 0 Å². The van der Waals surface area contributed by atoms with Crippen molar-refractivity contribution >= 4 is 5.78 Å². The summed E-state index contributed by atoms with van der Waals surface area (Å²) in [5, 5.41) is 0. The second kappa shape index (κ2) is 9.03. The standard InChI is InChI=1S/C30H48O/c1-21(2)11-9-12-22(3)13-10-14-23(4)24-15-16-26-29(24,7)19-17-25-28(5,6)27(31)18-20-30(25,26)8/h11,13,24-26H,4,9-10,12,14-20H2,1-3,5-8H3/b22-13+/t24-,25-,26-,29+,30+/m1/s1. The molecule has 3 aliphatic carbocycles. The monoisotopic (exact) mass is 424 g/mol. The summed E-state index contributed by atoms with van der Waals surface area (Å²) in [5.74, 6) is 2.46. The van der Waals surface area contributed by atoms with E-state index in [0.717, 1.165) is 38.0 Å². The molecule has 3 saturated carbocycles. The topological polar surface area (TPSA) is 17.1 Å². The minimum atomic E-state index is -0.142. The molecule has 0 saturated heterocycles. The van der Waals surface area contributed by atoms with Gasteiger partial charge in [-0.15, -0.1) is 0 Å². The zero-order valence-electron chi connectivity index (χ0n) is 21.6. The molecule has 0 heterocycles. The molecule has 0 unspecified atom stereocenters. The van der Waals surface area contributed by atoms with Gasteiger partial charge in [-0.2, -0.15) is 0 Å². The van der Waals surface area contributed by atoms with Gasteiger partial charge in [-0.3, -0.25) is 4.79 Å². The highest BCUT2D eigenvalue weighted by Crippen LogP contribution is 2.70. The molecule has 0 amide bonds. The van der Waals surface area contributed by atoms with Crippen molar-refractivity contribution in [2.45, 2.75) is 113 Å². The molecule has 0 N–H and O–H groups in total. The maximum Gasteiger partial charge on any atom is 0.138 e. The van der Waals surface area contributed by atoms with Gasteiger partial charge in [-0.05, 0) is 107 Å². The number of rotatable bonds is 7. The van der Waals surface area contributed by atoms with E-state index in [9.17, 15) is 4.79 Å². The Labute approximate surface area is 192 Å². The molecule has 0 radical (unpaired) electrons. The second-order valence-corrected chi connectivity index (χ2v) is 12.5. The molecule has 0 aliphatic heterocycles. The summed E-state index contributed by atoms with van der Waals surface area (Å²) < 4.78 is 0. The number of allylic oxidation sites excluding steroid dienone is 5. The van der Waals surface area contributed by atoms with E-state index in [0.29, 0.717) is 28.4 Å². The lowest BCUT2D eigenvalue weighted by Crippen LogP contribution is -2.57. The van der Waals surface area contributed by atoms with Crippen LogP contribution >= 0.6 is 0 Å². The largest absolute Gasteiger partial charge is 0.299 e. The molecule has 5 atom stereocenters. The molecule has 0 aromatic heterocycles. The van der Waals surface area contributed by atoms with Crippen LogP contribution in [0.4, 0.5) is 0 Å². The van der Waals surface area contributed by atoms with Crippen molar-refractivity contribution in [1.29, 1.82) is 0 Å². The zero-order valence-corrected chi connectivity index (χ0v) is 21.6. The second-order valence-electron chi connectivity index (χ2n) is 12.5. The molecular formula is C30H48O. The Morgan fingerprint density at radius 3 is 2.26 bits per heavy atom. The fourth-order valence-electron chi connectivity index (χ4n) is 8.17. The van der Waals surface area contributed by atoms with Crippen molar-refractivity contribution in [3.05, 3.63) is 35.5 Å². The smallest absolute Gasteiger partial charge is 0.138 e. The van der Waals surface area contributed by atoms with E-state index in [1.807, 2.05) is 0 Å². The highest BCUT2D eigenvalue weighted by Gasteiger charge is 2.63. The zero-order chi connectivity index (χ0) is 23.0. The quantitative estimate of drug-likeness (QED) is 0.373. The summed E-state index contributed by atoms with van der Waals surface area (Å²) in [5.41, 5.74) is 4.98. The molecule has 0 spiro atoms. The minimum Gasteiger partial charge on any atom is -0.299 e. The Balaban J connectivity index is 1.65. The normalized spacial score (nSPS) is 37.2. The summed E-state index contributed by atoms with van der Waals surface area (Å²) in [6.45, 7) is 20.9. The summed E-state index contributed by atoms with van der Waals surface area (Å²) in [4.78, 5) is 12.7. The third-order valence-electron chi connectivity index (χ3n) is 9.92. The third-order valence-corrected chi connectivity index (χ3v) is 9.92. The van der Waals surface area contributed by atoms with Crippen LogP contribution in [0.2, 0.25) is 0 Å². The van der Waals surface area contributed by atoms with Crippen molar-refractivity contribution in [3.63, 3.8) is 0 Å². The van der Waals surface area contributed by atoms with Gasteiger partial charge in [-0.1, -0.05) is 63.1 Å². The van der Waals surface area contributed by atoms with Crippen LogP contribution in [-0.4, -0.2) is 5.78 Å². The Bertz CT molecular complexity index is 761. The van der Waals surface area contributed by atoms with Crippen LogP contribution in [0.3, 0.4) is 0 Å². The average molecular weight is 425 g/mol. The number of carbonyl (C=O) groups is 1. The lowest BCUT2D eigenvalue weighted by Gasteiger charge is -2.61. The summed E-state index contributed by atoms with van der Waals surface area (Å²) in [6.07, 6.45) is 16.4. The van der Waals surface area contributed by atoms with Crippen LogP contribution in [0, 0.1) is 34.0 Å². The molecule has 1 heteroatoms. The van der Waals surface area contributed by atoms with Gasteiger partial charge in [0.15, 0.2) is 0 Å². The first kappa shape index (κ1) is 24.5. The van der Waals surface area contributed by atoms with Crippen molar-refractivity contribution in [2.75, 3.05) is 0 Å². The van der Waals surface area contributed by atoms with Crippen LogP contribution < -0.4 is 0 Å². The fraction of sp³-hybridized carbons (Fsp3) is 0.767. The van der Waals surface area contributed by atoms with Crippen molar-refractivity contribution in [2.24, 2.45) is 34.0 Å². The summed E-state index contributed by atoms with van der Waals surface area (Å²) >= 11 is 0. The minimum absolute atomic E-state index is 0.142. The first-order chi connectivity index (χ1) is 14.4. The fourth-order valence-corrected chi connectivity index (χ4v) is 8.17. The highest BCUT2D eigenvalue weighted by molar-refractivity contribution is 5.85. The van der Waals surface area contributed by atoms with Gasteiger partial charge in [0.1, 0.15) is 5.78 Å². The van der Waals surface area contributed by atoms with Crippen molar-refractivity contribution in [3.8, 4) is 0 Å². The van der Waals surface area contributed by atoms with E-state index in [2.05, 4.69) is 67.2 Å². The van der Waals surface area contributed by atoms with Crippen LogP contribution in [0.15, 0.2) is 35.5 Å². The van der Waals surface area contributed by atoms with E-state index in [4.69, 9.17) is 0 Å². The first-order valence-electron chi connectivity index (χ1n) is 12.9. The van der Waals surface area contributed by atoms with Gasteiger partial charge in [0, 0.05) is 11.8 Å². The first-order valence-corrected chi connectivity index (χ1v) is 12.9. The molecular weight excluding hydrogens is 376 g/mol. The molecule has 3 fully saturated rings. The van der Waals surface area contributed by atoms with Crippen LogP contribution in [-0.2, 0) is 4.79 Å². The Morgan fingerprint density at radius 1 is 0.903 bits per heavy atom. The number of ketones is 1. The van der Waals surface area contributed by atoms with E-state index < -0.39 is 0 Å². The van der Waals surface area contributed by atoms with Crippen LogP contribution in [0.1, 0.15) is 113 Å². The van der Waals surface area contributed by atoms with Gasteiger partial charge in [0.2, 0.25) is 0 Å². The SMILES string of the molecule is C=C(CC/C=C(\C)CCC=C(C)C)[C@H]1CC[C@@H]2[C@@]1(C)CC[C@@H]1C(C)(C)C(=O)CC[C@]21C. The molecule has 31 heavy (non-hydrogen) atoms. The van der Waals surface area contributed by atoms with E-state index in [1.165, 1.54) is 48.8 Å². The van der Waals surface area contributed by atoms with Gasteiger partial charge < -0.3 is 0 Å². The highest BCUT2D eigenvalue weighted by atomic mass is 16.1. The van der Waals surface area contributed by atoms with E-state index in [1.54, 1.807) is 0 Å². The molecule has 3 rings (SSSR count). The van der Waals surface area contributed by atoms with Crippen molar-refractivity contribution in [1.82, 2.24) is 0 Å². The predicted molar refractivity (Wildman–Crippen MR) is 134 cm³/mol. The summed E-state index contributed by atoms with van der Waals surface area (Å²) in [6, 6.07) is 0. The molecule has 1 nitrogen and oxygen atoms in total. The Morgan fingerprint density at radius 2 is 1.58 bits per heavy atom. The number of hydrogen-bond donors (Lipinski definition) is 0. The molecule has 174 valence electrons. The van der Waals surface area contributed by atoms with Gasteiger partial charge in [0.25, 0.3) is 0 Å². The number of hydrogen-bond acceptors (Lipinski definition) is 1. The molecule has 0 aromatic rings. The predicted octanol–water partition coefficient (Wildman–Crippen LogP) is 8.85. The van der Waals surface area contributed by atoms with Crippen LogP contribution in [0.25, 0.3) is 0 Å². The van der Waals surface area contributed by atoms with E-state index in [-0.39, 0.29) is 5.41 Å². The lowest BCUT2D eigenvalue weighted by atomic mass is 9.43. The number of Topliss-reactive ketones (excluding diaryl/α,β-unsaturated/α-hetero) is 1. The lowest BCUT2D eigenvalue weighted by molar-refractivity contribution is -0.157. The maximum atomic E-state index is 12.7. The van der Waals surface area contributed by atoms with Gasteiger partial charge >= 0.3 is 0 Å². The summed E-state index contributed by atoms with van der Waals surface area (Å²) in [7, 11) is 0. The van der Waals surface area contributed by atoms with Gasteiger partial charge in [0.05, 0.1) is 0 Å². The third kappa shape index (κ3) is 4.53. The molecule has 0 aromatic carbocycles. The number of carbonyl (C=O) groups excluding carboxylic acids is 1.